The zero-order valence-corrected chi connectivity index (χ0v) is 22.8. The van der Waals surface area contributed by atoms with Gasteiger partial charge in [-0.05, 0) is 75.1 Å². The van der Waals surface area contributed by atoms with E-state index >= 15 is 0 Å². The average molecular weight is 535 g/mol. The summed E-state index contributed by atoms with van der Waals surface area (Å²) < 4.78 is 32.3. The molecule has 0 unspecified atom stereocenters. The maximum absolute atomic E-state index is 13.9. The second kappa shape index (κ2) is 11.8. The number of nitrogens with zero attached hydrogens (tertiary/aromatic N) is 2. The van der Waals surface area contributed by atoms with E-state index in [1.54, 1.807) is 32.3 Å². The van der Waals surface area contributed by atoms with Crippen LogP contribution in [0.2, 0.25) is 5.02 Å². The number of piperidine rings is 1. The number of benzene rings is 1. The Hall–Kier alpha value is -2.67. The van der Waals surface area contributed by atoms with Gasteiger partial charge in [-0.3, -0.25) is 9.59 Å². The number of ether oxygens (including phenoxy) is 1. The Morgan fingerprint density at radius 3 is 2.14 bits per heavy atom. The number of rotatable bonds is 7. The standard InChI is InChI=1S/C18H23F2NO.C11H14ClNO2/c1-13(19)12-15(14(2)20)18(4-3-5-18)16(22)21-10-8-17(6-7-17)9-11-21;1-4-15-8-5-6-9(10(12)7-8)11(14)13(2)3/h12H,1-11H2;5-7H,4H2,1-3H3/b15-12+;. The Balaban J connectivity index is 0.000000222. The van der Waals surface area contributed by atoms with Crippen molar-refractivity contribution in [1.82, 2.24) is 9.80 Å². The molecule has 1 aromatic rings. The van der Waals surface area contributed by atoms with Crippen molar-refractivity contribution in [2.24, 2.45) is 10.8 Å². The minimum atomic E-state index is -0.922. The summed E-state index contributed by atoms with van der Waals surface area (Å²) in [5.74, 6) is -0.938. The topological polar surface area (TPSA) is 49.9 Å². The molecule has 0 N–H and O–H groups in total. The number of carbonyl (C=O) groups is 2. The second-order valence-electron chi connectivity index (χ2n) is 10.4. The SMILES string of the molecule is C=C(F)/C=C(\C(=C)F)C1(C(=O)N2CCC3(CC2)CC3)CCC1.CCOc1ccc(C(=O)N(C)C)c(Cl)c1. The molecule has 1 aromatic carbocycles. The summed E-state index contributed by atoms with van der Waals surface area (Å²) in [6, 6.07) is 5.07. The monoisotopic (exact) mass is 534 g/mol. The number of likely N-dealkylation sites (tertiary alicyclic amines) is 1. The lowest BCUT2D eigenvalue weighted by Crippen LogP contribution is -2.51. The summed E-state index contributed by atoms with van der Waals surface area (Å²) in [5, 5.41) is 0.416. The van der Waals surface area contributed by atoms with Gasteiger partial charge in [0.1, 0.15) is 17.4 Å². The highest BCUT2D eigenvalue weighted by atomic mass is 35.5. The van der Waals surface area contributed by atoms with Gasteiger partial charge in [0.05, 0.1) is 22.6 Å². The molecule has 1 spiro atoms. The quantitative estimate of drug-likeness (QED) is 0.358. The average Bonchev–Trinajstić information content (AvgIpc) is 3.56. The summed E-state index contributed by atoms with van der Waals surface area (Å²) in [6.45, 7) is 10.4. The highest BCUT2D eigenvalue weighted by Gasteiger charge is 2.52. The van der Waals surface area contributed by atoms with Crippen LogP contribution in [0.1, 0.15) is 62.2 Å². The van der Waals surface area contributed by atoms with Crippen LogP contribution in [0.25, 0.3) is 0 Å². The minimum absolute atomic E-state index is 0.0550. The van der Waals surface area contributed by atoms with Crippen molar-refractivity contribution in [3.8, 4) is 5.75 Å². The summed E-state index contributed by atoms with van der Waals surface area (Å²) in [6.07, 6.45) is 7.66. The Kier molecular flexibility index (Phi) is 9.22. The number of carbonyl (C=O) groups excluding carboxylic acids is 2. The molecule has 8 heteroatoms. The van der Waals surface area contributed by atoms with E-state index in [-0.39, 0.29) is 17.4 Å². The molecule has 2 amide bonds. The van der Waals surface area contributed by atoms with Gasteiger partial charge in [-0.15, -0.1) is 0 Å². The smallest absolute Gasteiger partial charge is 0.254 e. The van der Waals surface area contributed by atoms with Crippen LogP contribution in [0.4, 0.5) is 8.78 Å². The molecule has 4 rings (SSSR count). The van der Waals surface area contributed by atoms with E-state index < -0.39 is 17.1 Å². The van der Waals surface area contributed by atoms with Gasteiger partial charge >= 0.3 is 0 Å². The van der Waals surface area contributed by atoms with Crippen LogP contribution in [0, 0.1) is 10.8 Å². The first kappa shape index (κ1) is 28.9. The van der Waals surface area contributed by atoms with Crippen molar-refractivity contribution < 1.29 is 23.1 Å². The number of amides is 2. The molecular weight excluding hydrogens is 498 g/mol. The molecule has 0 atom stereocenters. The highest BCUT2D eigenvalue weighted by molar-refractivity contribution is 6.34. The molecule has 37 heavy (non-hydrogen) atoms. The lowest BCUT2D eigenvalue weighted by atomic mass is 9.62. The van der Waals surface area contributed by atoms with Crippen LogP contribution >= 0.6 is 11.6 Å². The Bertz CT molecular complexity index is 1080. The summed E-state index contributed by atoms with van der Waals surface area (Å²) in [7, 11) is 3.38. The van der Waals surface area contributed by atoms with Crippen molar-refractivity contribution >= 4 is 23.4 Å². The van der Waals surface area contributed by atoms with Crippen LogP contribution in [0.15, 0.2) is 54.7 Å². The lowest BCUT2D eigenvalue weighted by Gasteiger charge is -2.46. The maximum Gasteiger partial charge on any atom is 0.254 e. The van der Waals surface area contributed by atoms with Crippen molar-refractivity contribution in [2.75, 3.05) is 33.8 Å². The molecule has 202 valence electrons. The number of hydrogen-bond donors (Lipinski definition) is 0. The molecule has 1 heterocycles. The zero-order valence-electron chi connectivity index (χ0n) is 22.0. The van der Waals surface area contributed by atoms with Gasteiger partial charge < -0.3 is 14.5 Å². The first-order valence-electron chi connectivity index (χ1n) is 12.8. The number of halogens is 3. The van der Waals surface area contributed by atoms with Gasteiger partial charge in [0.2, 0.25) is 5.91 Å². The number of allylic oxidation sites excluding steroid dienone is 3. The van der Waals surface area contributed by atoms with Crippen molar-refractivity contribution in [3.05, 3.63) is 65.2 Å². The molecule has 0 bridgehead atoms. The van der Waals surface area contributed by atoms with Crippen LogP contribution in [-0.4, -0.2) is 55.4 Å². The highest BCUT2D eigenvalue weighted by Crippen LogP contribution is 2.55. The Morgan fingerprint density at radius 2 is 1.73 bits per heavy atom. The van der Waals surface area contributed by atoms with Gasteiger partial charge in [-0.1, -0.05) is 31.2 Å². The van der Waals surface area contributed by atoms with Gasteiger partial charge in [-0.2, -0.15) is 0 Å². The van der Waals surface area contributed by atoms with Crippen molar-refractivity contribution in [2.45, 2.75) is 51.9 Å². The molecule has 1 saturated heterocycles. The fraction of sp³-hybridized carbons (Fsp3) is 0.517. The van der Waals surface area contributed by atoms with Crippen LogP contribution in [0.5, 0.6) is 5.75 Å². The lowest BCUT2D eigenvalue weighted by molar-refractivity contribution is -0.146. The third-order valence-electron chi connectivity index (χ3n) is 7.68. The predicted octanol–water partition coefficient (Wildman–Crippen LogP) is 6.89. The van der Waals surface area contributed by atoms with E-state index in [0.717, 1.165) is 38.4 Å². The molecule has 3 fully saturated rings. The Labute approximate surface area is 223 Å². The minimum Gasteiger partial charge on any atom is -0.494 e. The van der Waals surface area contributed by atoms with Gasteiger partial charge in [-0.25, -0.2) is 8.78 Å². The molecular formula is C29H37ClF2N2O3. The van der Waals surface area contributed by atoms with E-state index in [4.69, 9.17) is 16.3 Å². The largest absolute Gasteiger partial charge is 0.494 e. The maximum atomic E-state index is 13.9. The zero-order chi connectivity index (χ0) is 27.4. The normalized spacial score (nSPS) is 19.2. The summed E-state index contributed by atoms with van der Waals surface area (Å²) in [5.41, 5.74) is 0.140. The van der Waals surface area contributed by atoms with Gasteiger partial charge in [0.15, 0.2) is 0 Å². The van der Waals surface area contributed by atoms with Gasteiger partial charge in [0.25, 0.3) is 5.91 Å². The fourth-order valence-corrected chi connectivity index (χ4v) is 5.34. The molecule has 1 aliphatic heterocycles. The first-order chi connectivity index (χ1) is 17.4. The predicted molar refractivity (Wildman–Crippen MR) is 143 cm³/mol. The van der Waals surface area contributed by atoms with Crippen LogP contribution < -0.4 is 4.74 Å². The third-order valence-corrected chi connectivity index (χ3v) is 7.99. The van der Waals surface area contributed by atoms with Crippen molar-refractivity contribution in [1.29, 1.82) is 0 Å². The Morgan fingerprint density at radius 1 is 1.11 bits per heavy atom. The molecule has 2 saturated carbocycles. The molecule has 3 aliphatic rings. The van der Waals surface area contributed by atoms with Gasteiger partial charge in [0, 0.05) is 32.8 Å². The second-order valence-corrected chi connectivity index (χ2v) is 10.8. The van der Waals surface area contributed by atoms with Crippen LogP contribution in [-0.2, 0) is 4.79 Å². The van der Waals surface area contributed by atoms with E-state index in [9.17, 15) is 18.4 Å². The van der Waals surface area contributed by atoms with E-state index in [1.165, 1.54) is 17.7 Å². The first-order valence-corrected chi connectivity index (χ1v) is 13.2. The molecule has 2 aliphatic carbocycles. The summed E-state index contributed by atoms with van der Waals surface area (Å²) in [4.78, 5) is 28.0. The fourth-order valence-electron chi connectivity index (χ4n) is 5.09. The number of hydrogen-bond acceptors (Lipinski definition) is 3. The van der Waals surface area contributed by atoms with E-state index in [0.29, 0.717) is 41.2 Å². The van der Waals surface area contributed by atoms with E-state index in [1.807, 2.05) is 11.8 Å². The molecule has 5 nitrogen and oxygen atoms in total. The van der Waals surface area contributed by atoms with Crippen LogP contribution in [0.3, 0.4) is 0 Å². The van der Waals surface area contributed by atoms with E-state index in [2.05, 4.69) is 13.2 Å². The summed E-state index contributed by atoms with van der Waals surface area (Å²) >= 11 is 5.98. The third kappa shape index (κ3) is 6.61. The molecule has 0 radical (unpaired) electrons. The van der Waals surface area contributed by atoms with Crippen molar-refractivity contribution in [3.63, 3.8) is 0 Å². The molecule has 0 aromatic heterocycles.